The molecule has 1 saturated carbocycles. The van der Waals surface area contributed by atoms with E-state index in [1.807, 2.05) is 44.2 Å². The maximum atomic E-state index is 13.4. The van der Waals surface area contributed by atoms with Crippen LogP contribution in [0.3, 0.4) is 0 Å². The molecule has 1 aliphatic rings. The van der Waals surface area contributed by atoms with Crippen molar-refractivity contribution >= 4 is 23.4 Å². The van der Waals surface area contributed by atoms with E-state index < -0.39 is 6.04 Å². The van der Waals surface area contributed by atoms with Gasteiger partial charge >= 0.3 is 0 Å². The number of hydrogen-bond acceptors (Lipinski definition) is 2. The molecule has 31 heavy (non-hydrogen) atoms. The van der Waals surface area contributed by atoms with Crippen molar-refractivity contribution < 1.29 is 9.59 Å². The van der Waals surface area contributed by atoms with Crippen molar-refractivity contribution in [2.75, 3.05) is 0 Å². The molecular formula is C26H33ClN2O2. The standard InChI is InChI=1S/C26H33ClN2O2/c1-3-24(26(31)28-23-10-5-4-6-11-23)29(18-21-9-7-8-19(2)16-21)25(30)17-20-12-14-22(27)15-13-20/h7-9,12-16,23-24H,3-6,10-11,17-18H2,1-2H3,(H,28,31)/t24-/m1/s1. The van der Waals surface area contributed by atoms with Gasteiger partial charge in [0.25, 0.3) is 0 Å². The van der Waals surface area contributed by atoms with Crippen molar-refractivity contribution in [3.63, 3.8) is 0 Å². The van der Waals surface area contributed by atoms with Crippen molar-refractivity contribution in [2.45, 2.75) is 77.4 Å². The molecule has 3 rings (SSSR count). The third-order valence-corrected chi connectivity index (χ3v) is 6.29. The summed E-state index contributed by atoms with van der Waals surface area (Å²) in [6.45, 7) is 4.44. The Kier molecular flexibility index (Phi) is 8.53. The zero-order valence-electron chi connectivity index (χ0n) is 18.6. The van der Waals surface area contributed by atoms with Gasteiger partial charge in [0.2, 0.25) is 11.8 Å². The van der Waals surface area contributed by atoms with E-state index in [1.165, 1.54) is 6.42 Å². The van der Waals surface area contributed by atoms with E-state index in [9.17, 15) is 9.59 Å². The number of carbonyl (C=O) groups is 2. The number of hydrogen-bond donors (Lipinski definition) is 1. The number of carbonyl (C=O) groups excluding carboxylic acids is 2. The second-order valence-electron chi connectivity index (χ2n) is 8.58. The first-order chi connectivity index (χ1) is 15.0. The van der Waals surface area contributed by atoms with Gasteiger partial charge in [0.15, 0.2) is 0 Å². The van der Waals surface area contributed by atoms with E-state index in [4.69, 9.17) is 11.6 Å². The molecule has 4 nitrogen and oxygen atoms in total. The smallest absolute Gasteiger partial charge is 0.243 e. The molecular weight excluding hydrogens is 408 g/mol. The topological polar surface area (TPSA) is 49.4 Å². The fraction of sp³-hybridized carbons (Fsp3) is 0.462. The van der Waals surface area contributed by atoms with Gasteiger partial charge in [-0.15, -0.1) is 0 Å². The van der Waals surface area contributed by atoms with Crippen LogP contribution in [0.15, 0.2) is 48.5 Å². The largest absolute Gasteiger partial charge is 0.352 e. The Labute approximate surface area is 191 Å². The van der Waals surface area contributed by atoms with Crippen LogP contribution in [0.4, 0.5) is 0 Å². The molecule has 166 valence electrons. The van der Waals surface area contributed by atoms with Crippen LogP contribution in [0, 0.1) is 6.92 Å². The minimum absolute atomic E-state index is 0.0356. The maximum Gasteiger partial charge on any atom is 0.243 e. The monoisotopic (exact) mass is 440 g/mol. The molecule has 5 heteroatoms. The minimum atomic E-state index is -0.484. The summed E-state index contributed by atoms with van der Waals surface area (Å²) in [6.07, 6.45) is 6.43. The molecule has 0 unspecified atom stereocenters. The number of nitrogens with one attached hydrogen (secondary N) is 1. The van der Waals surface area contributed by atoms with Gasteiger partial charge in [-0.05, 0) is 49.4 Å². The summed E-state index contributed by atoms with van der Waals surface area (Å²) < 4.78 is 0. The third-order valence-electron chi connectivity index (χ3n) is 6.04. The van der Waals surface area contributed by atoms with Crippen molar-refractivity contribution in [1.29, 1.82) is 0 Å². The summed E-state index contributed by atoms with van der Waals surface area (Å²) in [5, 5.41) is 3.87. The van der Waals surface area contributed by atoms with E-state index in [0.29, 0.717) is 18.0 Å². The summed E-state index contributed by atoms with van der Waals surface area (Å²) in [5.41, 5.74) is 3.07. The minimum Gasteiger partial charge on any atom is -0.352 e. The first kappa shape index (κ1) is 23.3. The molecule has 1 aliphatic carbocycles. The Balaban J connectivity index is 1.80. The van der Waals surface area contributed by atoms with E-state index in [1.54, 1.807) is 17.0 Å². The number of halogens is 1. The van der Waals surface area contributed by atoms with E-state index in [0.717, 1.165) is 42.4 Å². The molecule has 0 aliphatic heterocycles. The summed E-state index contributed by atoms with van der Waals surface area (Å²) in [5.74, 6) is -0.0824. The Morgan fingerprint density at radius 2 is 1.77 bits per heavy atom. The molecule has 0 radical (unpaired) electrons. The Bertz CT molecular complexity index is 875. The molecule has 0 heterocycles. The quantitative estimate of drug-likeness (QED) is 0.593. The number of nitrogens with zero attached hydrogens (tertiary/aromatic N) is 1. The molecule has 0 spiro atoms. The zero-order valence-corrected chi connectivity index (χ0v) is 19.3. The van der Waals surface area contributed by atoms with Crippen LogP contribution in [0.25, 0.3) is 0 Å². The highest BCUT2D eigenvalue weighted by atomic mass is 35.5. The lowest BCUT2D eigenvalue weighted by molar-refractivity contribution is -0.141. The van der Waals surface area contributed by atoms with Crippen LogP contribution in [0.2, 0.25) is 5.02 Å². The second kappa shape index (κ2) is 11.3. The highest BCUT2D eigenvalue weighted by Crippen LogP contribution is 2.20. The molecule has 0 bridgehead atoms. The lowest BCUT2D eigenvalue weighted by Crippen LogP contribution is -2.51. The number of benzene rings is 2. The van der Waals surface area contributed by atoms with Crippen LogP contribution in [-0.4, -0.2) is 28.8 Å². The number of amides is 2. The molecule has 2 aromatic carbocycles. The van der Waals surface area contributed by atoms with Gasteiger partial charge in [0.1, 0.15) is 6.04 Å². The summed E-state index contributed by atoms with van der Waals surface area (Å²) in [7, 11) is 0. The highest BCUT2D eigenvalue weighted by Gasteiger charge is 2.30. The average molecular weight is 441 g/mol. The van der Waals surface area contributed by atoms with E-state index in [2.05, 4.69) is 11.4 Å². The van der Waals surface area contributed by atoms with Gasteiger partial charge < -0.3 is 10.2 Å². The van der Waals surface area contributed by atoms with Crippen LogP contribution in [0.1, 0.15) is 62.1 Å². The van der Waals surface area contributed by atoms with Crippen LogP contribution in [0.5, 0.6) is 0 Å². The molecule has 2 aromatic rings. The normalized spacial score (nSPS) is 15.3. The van der Waals surface area contributed by atoms with Crippen LogP contribution >= 0.6 is 11.6 Å². The van der Waals surface area contributed by atoms with E-state index >= 15 is 0 Å². The fourth-order valence-corrected chi connectivity index (χ4v) is 4.48. The van der Waals surface area contributed by atoms with Crippen molar-refractivity contribution in [1.82, 2.24) is 10.2 Å². The third kappa shape index (κ3) is 6.83. The van der Waals surface area contributed by atoms with Gasteiger partial charge in [-0.1, -0.05) is 79.7 Å². The van der Waals surface area contributed by atoms with Crippen molar-refractivity contribution in [3.8, 4) is 0 Å². The highest BCUT2D eigenvalue weighted by molar-refractivity contribution is 6.30. The van der Waals surface area contributed by atoms with Crippen LogP contribution in [-0.2, 0) is 22.6 Å². The Hall–Kier alpha value is -2.33. The lowest BCUT2D eigenvalue weighted by Gasteiger charge is -2.33. The Morgan fingerprint density at radius 1 is 1.06 bits per heavy atom. The van der Waals surface area contributed by atoms with Gasteiger partial charge in [0, 0.05) is 17.6 Å². The first-order valence-corrected chi connectivity index (χ1v) is 11.7. The summed E-state index contributed by atoms with van der Waals surface area (Å²) in [4.78, 5) is 28.4. The summed E-state index contributed by atoms with van der Waals surface area (Å²) in [6, 6.07) is 15.2. The Morgan fingerprint density at radius 3 is 2.42 bits per heavy atom. The van der Waals surface area contributed by atoms with Gasteiger partial charge in [-0.25, -0.2) is 0 Å². The first-order valence-electron chi connectivity index (χ1n) is 11.4. The number of aryl methyl sites for hydroxylation is 1. The zero-order chi connectivity index (χ0) is 22.2. The van der Waals surface area contributed by atoms with Gasteiger partial charge in [-0.3, -0.25) is 9.59 Å². The molecule has 1 atom stereocenters. The van der Waals surface area contributed by atoms with Crippen molar-refractivity contribution in [3.05, 3.63) is 70.2 Å². The van der Waals surface area contributed by atoms with Gasteiger partial charge in [0.05, 0.1) is 6.42 Å². The molecule has 1 fully saturated rings. The number of rotatable bonds is 8. The maximum absolute atomic E-state index is 13.4. The van der Waals surface area contributed by atoms with Gasteiger partial charge in [-0.2, -0.15) is 0 Å². The molecule has 0 saturated heterocycles. The second-order valence-corrected chi connectivity index (χ2v) is 9.02. The predicted molar refractivity (Wildman–Crippen MR) is 126 cm³/mol. The SMILES string of the molecule is CC[C@H](C(=O)NC1CCCCC1)N(Cc1cccc(C)c1)C(=O)Cc1ccc(Cl)cc1. The molecule has 1 N–H and O–H groups in total. The lowest BCUT2D eigenvalue weighted by atomic mass is 9.95. The van der Waals surface area contributed by atoms with Crippen LogP contribution < -0.4 is 5.32 Å². The average Bonchev–Trinajstić information content (AvgIpc) is 2.76. The molecule has 2 amide bonds. The summed E-state index contributed by atoms with van der Waals surface area (Å²) >= 11 is 5.99. The van der Waals surface area contributed by atoms with E-state index in [-0.39, 0.29) is 24.3 Å². The fourth-order valence-electron chi connectivity index (χ4n) is 4.35. The molecule has 0 aromatic heterocycles. The predicted octanol–water partition coefficient (Wildman–Crippen LogP) is 5.45. The van der Waals surface area contributed by atoms with Crippen molar-refractivity contribution in [2.24, 2.45) is 0 Å².